The van der Waals surface area contributed by atoms with E-state index < -0.39 is 24.9 Å². The van der Waals surface area contributed by atoms with Crippen LogP contribution in [0.25, 0.3) is 6.08 Å². The van der Waals surface area contributed by atoms with Gasteiger partial charge in [-0.05, 0) is 23.8 Å². The summed E-state index contributed by atoms with van der Waals surface area (Å²) in [5.41, 5.74) is 1.11. The molecule has 11 heteroatoms. The minimum absolute atomic E-state index is 0.0686. The third-order valence-corrected chi connectivity index (χ3v) is 4.57. The van der Waals surface area contributed by atoms with Gasteiger partial charge in [0.25, 0.3) is 0 Å². The Bertz CT molecular complexity index is 1050. The summed E-state index contributed by atoms with van der Waals surface area (Å²) in [6.45, 7) is -6.31. The van der Waals surface area contributed by atoms with Crippen molar-refractivity contribution in [3.05, 3.63) is 70.7 Å². The number of ether oxygens (including phenoxy) is 2. The molecule has 0 saturated heterocycles. The number of carbonyl (C=O) groups excluding carboxylic acids is 1. The highest BCUT2D eigenvalue weighted by Crippen LogP contribution is 2.28. The first-order valence-corrected chi connectivity index (χ1v) is 9.60. The van der Waals surface area contributed by atoms with Gasteiger partial charge in [0.1, 0.15) is 16.5 Å². The predicted octanol–water partition coefficient (Wildman–Crippen LogP) is 4.98. The van der Waals surface area contributed by atoms with E-state index in [1.165, 1.54) is 23.5 Å². The van der Waals surface area contributed by atoms with Crippen LogP contribution in [-0.4, -0.2) is 29.3 Å². The third kappa shape index (κ3) is 7.07. The number of halogens is 4. The number of hydrogen-bond donors (Lipinski definition) is 1. The van der Waals surface area contributed by atoms with E-state index in [4.69, 9.17) is 0 Å². The van der Waals surface area contributed by atoms with Crippen molar-refractivity contribution in [2.24, 2.45) is 0 Å². The minimum atomic E-state index is -3.19. The van der Waals surface area contributed by atoms with Crippen molar-refractivity contribution in [2.45, 2.75) is 19.6 Å². The lowest BCUT2D eigenvalue weighted by molar-refractivity contribution is -0.111. The standard InChI is InChI=1S/C20H15F4N3O3S/c21-18(22)29-14-8-6-13(15(11-14)30-19(23)24)7-9-16(28)25-20-27-26-17(31-20)10-12-4-2-1-3-5-12/h1-9,11,18-19H,10H2,(H,25,27,28)/b9-7+. The molecule has 3 rings (SSSR count). The molecule has 0 aliphatic carbocycles. The molecule has 0 atom stereocenters. The third-order valence-electron chi connectivity index (χ3n) is 3.74. The molecule has 0 fully saturated rings. The molecule has 1 aromatic heterocycles. The van der Waals surface area contributed by atoms with Crippen LogP contribution in [0.1, 0.15) is 16.1 Å². The lowest BCUT2D eigenvalue weighted by Gasteiger charge is -2.11. The zero-order chi connectivity index (χ0) is 22.2. The van der Waals surface area contributed by atoms with Crippen LogP contribution in [0.2, 0.25) is 0 Å². The lowest BCUT2D eigenvalue weighted by Crippen LogP contribution is -2.08. The van der Waals surface area contributed by atoms with Gasteiger partial charge < -0.3 is 9.47 Å². The Kier molecular flexibility index (Phi) is 7.55. The fraction of sp³-hybridized carbons (Fsp3) is 0.150. The van der Waals surface area contributed by atoms with E-state index in [0.717, 1.165) is 23.8 Å². The molecule has 31 heavy (non-hydrogen) atoms. The molecule has 0 aliphatic rings. The second-order valence-electron chi connectivity index (χ2n) is 5.94. The van der Waals surface area contributed by atoms with Crippen LogP contribution < -0.4 is 14.8 Å². The first-order chi connectivity index (χ1) is 14.9. The van der Waals surface area contributed by atoms with Crippen LogP contribution in [0.5, 0.6) is 11.5 Å². The predicted molar refractivity (Wildman–Crippen MR) is 107 cm³/mol. The van der Waals surface area contributed by atoms with Gasteiger partial charge in [-0.2, -0.15) is 17.6 Å². The van der Waals surface area contributed by atoms with Crippen molar-refractivity contribution in [3.8, 4) is 11.5 Å². The average molecular weight is 453 g/mol. The van der Waals surface area contributed by atoms with Gasteiger partial charge in [-0.15, -0.1) is 10.2 Å². The van der Waals surface area contributed by atoms with Crippen LogP contribution in [-0.2, 0) is 11.2 Å². The molecule has 0 spiro atoms. The Morgan fingerprint density at radius 1 is 1.03 bits per heavy atom. The Hall–Kier alpha value is -3.47. The zero-order valence-electron chi connectivity index (χ0n) is 15.7. The van der Waals surface area contributed by atoms with Crippen molar-refractivity contribution in [2.75, 3.05) is 5.32 Å². The highest BCUT2D eigenvalue weighted by Gasteiger charge is 2.13. The van der Waals surface area contributed by atoms with Gasteiger partial charge in [0.2, 0.25) is 11.0 Å². The number of hydrogen-bond acceptors (Lipinski definition) is 6. The number of carbonyl (C=O) groups is 1. The summed E-state index contributed by atoms with van der Waals surface area (Å²) in [6, 6.07) is 12.8. The molecular formula is C20H15F4N3O3S. The quantitative estimate of drug-likeness (QED) is 0.365. The number of anilines is 1. The van der Waals surface area contributed by atoms with E-state index in [9.17, 15) is 22.4 Å². The number of aromatic nitrogens is 2. The second kappa shape index (κ2) is 10.5. The zero-order valence-corrected chi connectivity index (χ0v) is 16.5. The van der Waals surface area contributed by atoms with Crippen LogP contribution in [0, 0.1) is 0 Å². The summed E-state index contributed by atoms with van der Waals surface area (Å²) in [7, 11) is 0. The van der Waals surface area contributed by atoms with E-state index in [-0.39, 0.29) is 16.4 Å². The van der Waals surface area contributed by atoms with Gasteiger partial charge in [0, 0.05) is 24.1 Å². The number of alkyl halides is 4. The largest absolute Gasteiger partial charge is 0.435 e. The number of rotatable bonds is 9. The van der Waals surface area contributed by atoms with Crippen molar-refractivity contribution in [3.63, 3.8) is 0 Å². The molecule has 0 saturated carbocycles. The smallest absolute Gasteiger partial charge is 0.387 e. The molecule has 162 valence electrons. The van der Waals surface area contributed by atoms with Crippen molar-refractivity contribution in [1.29, 1.82) is 0 Å². The summed E-state index contributed by atoms with van der Waals surface area (Å²) in [6.07, 6.45) is 2.83. The molecule has 0 aliphatic heterocycles. The Morgan fingerprint density at radius 3 is 2.48 bits per heavy atom. The molecule has 1 N–H and O–H groups in total. The molecule has 2 aromatic carbocycles. The molecule has 0 radical (unpaired) electrons. The molecule has 1 heterocycles. The van der Waals surface area contributed by atoms with E-state index in [1.807, 2.05) is 30.3 Å². The average Bonchev–Trinajstić information content (AvgIpc) is 3.14. The maximum atomic E-state index is 12.6. The first-order valence-electron chi connectivity index (χ1n) is 8.78. The van der Waals surface area contributed by atoms with E-state index in [0.29, 0.717) is 11.4 Å². The van der Waals surface area contributed by atoms with Gasteiger partial charge in [0.05, 0.1) is 0 Å². The maximum Gasteiger partial charge on any atom is 0.387 e. The molecule has 0 unspecified atom stereocenters. The minimum Gasteiger partial charge on any atom is -0.435 e. The van der Waals surface area contributed by atoms with Crippen LogP contribution in [0.4, 0.5) is 22.7 Å². The van der Waals surface area contributed by atoms with Gasteiger partial charge in [-0.25, -0.2) is 0 Å². The Balaban J connectivity index is 1.65. The number of nitrogens with one attached hydrogen (secondary N) is 1. The van der Waals surface area contributed by atoms with Crippen molar-refractivity contribution >= 4 is 28.5 Å². The van der Waals surface area contributed by atoms with Crippen molar-refractivity contribution < 1.29 is 31.8 Å². The summed E-state index contributed by atoms with van der Waals surface area (Å²) in [5.74, 6) is -1.36. The van der Waals surface area contributed by atoms with Crippen LogP contribution in [0.3, 0.4) is 0 Å². The summed E-state index contributed by atoms with van der Waals surface area (Å²) < 4.78 is 58.3. The highest BCUT2D eigenvalue weighted by atomic mass is 32.1. The lowest BCUT2D eigenvalue weighted by atomic mass is 10.1. The Morgan fingerprint density at radius 2 is 1.77 bits per heavy atom. The summed E-state index contributed by atoms with van der Waals surface area (Å²) in [5, 5.41) is 11.4. The number of nitrogens with zero attached hydrogens (tertiary/aromatic N) is 2. The van der Waals surface area contributed by atoms with Crippen molar-refractivity contribution in [1.82, 2.24) is 10.2 Å². The monoisotopic (exact) mass is 453 g/mol. The van der Waals surface area contributed by atoms with Crippen LogP contribution in [0.15, 0.2) is 54.6 Å². The SMILES string of the molecule is O=C(/C=C/c1ccc(OC(F)F)cc1OC(F)F)Nc1nnc(Cc2ccccc2)s1. The van der Waals surface area contributed by atoms with E-state index in [1.54, 1.807) is 0 Å². The molecule has 0 bridgehead atoms. The highest BCUT2D eigenvalue weighted by molar-refractivity contribution is 7.15. The number of benzene rings is 2. The fourth-order valence-electron chi connectivity index (χ4n) is 2.49. The summed E-state index contributed by atoms with van der Waals surface area (Å²) >= 11 is 1.20. The normalized spacial score (nSPS) is 11.3. The second-order valence-corrected chi connectivity index (χ2v) is 7.00. The molecule has 6 nitrogen and oxygen atoms in total. The molecule has 3 aromatic rings. The van der Waals surface area contributed by atoms with Crippen LogP contribution >= 0.6 is 11.3 Å². The molecule has 1 amide bonds. The van der Waals surface area contributed by atoms with Gasteiger partial charge in [0.15, 0.2) is 0 Å². The summed E-state index contributed by atoms with van der Waals surface area (Å²) in [4.78, 5) is 12.1. The number of amides is 1. The van der Waals surface area contributed by atoms with Gasteiger partial charge in [-0.3, -0.25) is 10.1 Å². The van der Waals surface area contributed by atoms with E-state index in [2.05, 4.69) is 25.0 Å². The van der Waals surface area contributed by atoms with Gasteiger partial charge in [-0.1, -0.05) is 41.7 Å². The topological polar surface area (TPSA) is 73.3 Å². The maximum absolute atomic E-state index is 12.6. The van der Waals surface area contributed by atoms with Gasteiger partial charge >= 0.3 is 13.2 Å². The fourth-order valence-corrected chi connectivity index (χ4v) is 3.26. The Labute approximate surface area is 178 Å². The first kappa shape index (κ1) is 22.2. The van der Waals surface area contributed by atoms with E-state index >= 15 is 0 Å². The molecular weight excluding hydrogens is 438 g/mol.